The molecule has 5 rings (SSSR count). The van der Waals surface area contributed by atoms with Gasteiger partial charge in [0.1, 0.15) is 17.2 Å². The molecule has 0 aliphatic carbocycles. The Morgan fingerprint density at radius 1 is 1.21 bits per heavy atom. The van der Waals surface area contributed by atoms with Gasteiger partial charge in [0, 0.05) is 16.0 Å². The Morgan fingerprint density at radius 3 is 2.96 bits per heavy atom. The molecule has 140 valence electrons. The summed E-state index contributed by atoms with van der Waals surface area (Å²) in [6.07, 6.45) is -0.642. The molecule has 28 heavy (non-hydrogen) atoms. The number of nitrogens with zero attached hydrogens (tertiary/aromatic N) is 2. The van der Waals surface area contributed by atoms with Gasteiger partial charge in [-0.1, -0.05) is 18.2 Å². The number of para-hydroxylation sites is 1. The number of fused-ring (bicyclic) bond motifs is 3. The molecule has 0 saturated carbocycles. The Kier molecular flexibility index (Phi) is 4.22. The first-order valence-electron chi connectivity index (χ1n) is 8.62. The van der Waals surface area contributed by atoms with Crippen molar-refractivity contribution in [2.75, 3.05) is 0 Å². The van der Waals surface area contributed by atoms with Gasteiger partial charge in [0.05, 0.1) is 4.88 Å². The van der Waals surface area contributed by atoms with Crippen molar-refractivity contribution in [2.45, 2.75) is 19.6 Å². The summed E-state index contributed by atoms with van der Waals surface area (Å²) < 4.78 is 17.0. The van der Waals surface area contributed by atoms with Gasteiger partial charge in [-0.3, -0.25) is 0 Å². The van der Waals surface area contributed by atoms with Gasteiger partial charge < -0.3 is 13.9 Å². The highest BCUT2D eigenvalue weighted by Crippen LogP contribution is 2.42. The molecule has 6 nitrogen and oxygen atoms in total. The van der Waals surface area contributed by atoms with Crippen molar-refractivity contribution in [1.82, 2.24) is 10.2 Å². The van der Waals surface area contributed by atoms with Crippen molar-refractivity contribution in [2.24, 2.45) is 0 Å². The van der Waals surface area contributed by atoms with E-state index in [2.05, 4.69) is 10.2 Å². The zero-order chi connectivity index (χ0) is 19.1. The van der Waals surface area contributed by atoms with Crippen LogP contribution in [0.5, 0.6) is 5.75 Å². The number of esters is 1. The third-order valence-corrected chi connectivity index (χ3v) is 6.38. The second kappa shape index (κ2) is 6.88. The van der Waals surface area contributed by atoms with E-state index in [0.29, 0.717) is 17.4 Å². The van der Waals surface area contributed by atoms with Crippen molar-refractivity contribution in [1.29, 1.82) is 0 Å². The van der Waals surface area contributed by atoms with Gasteiger partial charge in [-0.15, -0.1) is 32.9 Å². The molecule has 3 aromatic heterocycles. The summed E-state index contributed by atoms with van der Waals surface area (Å²) in [5.41, 5.74) is 1.99. The monoisotopic (exact) mass is 410 g/mol. The van der Waals surface area contributed by atoms with Crippen LogP contribution >= 0.6 is 22.7 Å². The number of rotatable bonds is 4. The van der Waals surface area contributed by atoms with Crippen molar-refractivity contribution >= 4 is 28.6 Å². The van der Waals surface area contributed by atoms with Gasteiger partial charge >= 0.3 is 5.97 Å². The number of thiophene rings is 2. The quantitative estimate of drug-likeness (QED) is 0.423. The van der Waals surface area contributed by atoms with Crippen LogP contribution in [-0.4, -0.2) is 16.2 Å². The van der Waals surface area contributed by atoms with E-state index in [1.165, 1.54) is 22.7 Å². The lowest BCUT2D eigenvalue weighted by atomic mass is 10.1. The third kappa shape index (κ3) is 3.00. The van der Waals surface area contributed by atoms with Crippen LogP contribution in [0.2, 0.25) is 0 Å². The topological polar surface area (TPSA) is 74.5 Å². The summed E-state index contributed by atoms with van der Waals surface area (Å²) in [6, 6.07) is 13.4. The van der Waals surface area contributed by atoms with Crippen LogP contribution in [0.15, 0.2) is 52.3 Å². The molecule has 0 spiro atoms. The van der Waals surface area contributed by atoms with Crippen LogP contribution in [-0.2, 0) is 11.3 Å². The van der Waals surface area contributed by atoms with E-state index in [-0.39, 0.29) is 5.89 Å². The van der Waals surface area contributed by atoms with Gasteiger partial charge in [-0.25, -0.2) is 4.79 Å². The smallest absolute Gasteiger partial charge is 0.349 e. The van der Waals surface area contributed by atoms with E-state index in [1.807, 2.05) is 47.8 Å². The van der Waals surface area contributed by atoms with Gasteiger partial charge in [0.25, 0.3) is 11.8 Å². The lowest BCUT2D eigenvalue weighted by molar-refractivity contribution is 0.0285. The molecule has 0 fully saturated rings. The van der Waals surface area contributed by atoms with Gasteiger partial charge in [0.15, 0.2) is 6.10 Å². The lowest BCUT2D eigenvalue weighted by Crippen LogP contribution is -2.08. The molecule has 0 N–H and O–H groups in total. The minimum Gasteiger partial charge on any atom is -0.488 e. The molecule has 1 atom stereocenters. The molecule has 8 heteroatoms. The van der Waals surface area contributed by atoms with E-state index < -0.39 is 12.1 Å². The maximum Gasteiger partial charge on any atom is 0.349 e. The molecule has 1 aliphatic heterocycles. The zero-order valence-electron chi connectivity index (χ0n) is 14.7. The summed E-state index contributed by atoms with van der Waals surface area (Å²) in [6.45, 7) is 2.16. The minimum atomic E-state index is -0.642. The highest BCUT2D eigenvalue weighted by atomic mass is 32.1. The predicted octanol–water partition coefficient (Wildman–Crippen LogP) is 5.34. The van der Waals surface area contributed by atoms with Crippen LogP contribution in [0, 0.1) is 0 Å². The Labute approximate surface area is 168 Å². The van der Waals surface area contributed by atoms with Gasteiger partial charge in [-0.2, -0.15) is 0 Å². The summed E-state index contributed by atoms with van der Waals surface area (Å²) in [5, 5.41) is 9.97. The Morgan fingerprint density at radius 2 is 2.11 bits per heavy atom. The van der Waals surface area contributed by atoms with E-state index in [9.17, 15) is 4.79 Å². The van der Waals surface area contributed by atoms with Crippen LogP contribution < -0.4 is 4.74 Å². The van der Waals surface area contributed by atoms with Crippen LogP contribution in [0.3, 0.4) is 0 Å². The summed E-state index contributed by atoms with van der Waals surface area (Å²) in [4.78, 5) is 15.1. The standard InChI is InChI=1S/C20H14N2O4S2/c1-11(18-21-22-19(26-18)15-7-4-8-27-15)25-20(23)16-9-12-10-24-14-6-3-2-5-13(14)17(12)28-16/h2-9,11H,10H2,1H3/t11-/m1/s1. The lowest BCUT2D eigenvalue weighted by Gasteiger charge is -2.16. The summed E-state index contributed by atoms with van der Waals surface area (Å²) in [5.74, 6) is 1.11. The van der Waals surface area contributed by atoms with Crippen LogP contribution in [0.25, 0.3) is 21.2 Å². The third-order valence-electron chi connectivity index (χ3n) is 4.33. The predicted molar refractivity (Wildman–Crippen MR) is 106 cm³/mol. The maximum absolute atomic E-state index is 12.7. The molecule has 0 unspecified atom stereocenters. The molecule has 0 saturated heterocycles. The maximum atomic E-state index is 12.7. The summed E-state index contributed by atoms with van der Waals surface area (Å²) in [7, 11) is 0. The Hall–Kier alpha value is -2.97. The largest absolute Gasteiger partial charge is 0.488 e. The first kappa shape index (κ1) is 17.2. The summed E-state index contributed by atoms with van der Waals surface area (Å²) >= 11 is 2.91. The highest BCUT2D eigenvalue weighted by molar-refractivity contribution is 7.17. The number of hydrogen-bond acceptors (Lipinski definition) is 8. The molecule has 4 aromatic rings. The molecular formula is C20H14N2O4S2. The average Bonchev–Trinajstić information content (AvgIpc) is 3.47. The molecular weight excluding hydrogens is 396 g/mol. The first-order chi connectivity index (χ1) is 13.7. The number of carbonyl (C=O) groups excluding carboxylic acids is 1. The first-order valence-corrected chi connectivity index (χ1v) is 10.3. The molecule has 4 heterocycles. The Bertz CT molecular complexity index is 1150. The van der Waals surface area contributed by atoms with Crippen molar-refractivity contribution in [3.63, 3.8) is 0 Å². The van der Waals surface area contributed by atoms with E-state index in [0.717, 1.165) is 26.6 Å². The zero-order valence-corrected chi connectivity index (χ0v) is 16.4. The number of carbonyl (C=O) groups is 1. The van der Waals surface area contributed by atoms with Crippen molar-refractivity contribution in [3.05, 3.63) is 64.2 Å². The second-order valence-electron chi connectivity index (χ2n) is 6.22. The SMILES string of the molecule is C[C@@H](OC(=O)c1cc2c(s1)-c1ccccc1OC2)c1nnc(-c2cccs2)o1. The fourth-order valence-electron chi connectivity index (χ4n) is 2.97. The molecule has 0 radical (unpaired) electrons. The minimum absolute atomic E-state index is 0.270. The van der Waals surface area contributed by atoms with Crippen molar-refractivity contribution < 1.29 is 18.7 Å². The fraction of sp³-hybridized carbons (Fsp3) is 0.150. The molecule has 0 amide bonds. The Balaban J connectivity index is 1.35. The second-order valence-corrected chi connectivity index (χ2v) is 8.22. The average molecular weight is 410 g/mol. The highest BCUT2D eigenvalue weighted by Gasteiger charge is 2.25. The van der Waals surface area contributed by atoms with Gasteiger partial charge in [-0.05, 0) is 36.6 Å². The molecule has 1 aliphatic rings. The normalized spacial score (nSPS) is 13.3. The number of ether oxygens (including phenoxy) is 2. The van der Waals surface area contributed by atoms with Crippen LogP contribution in [0.1, 0.15) is 34.2 Å². The molecule has 0 bridgehead atoms. The van der Waals surface area contributed by atoms with Crippen molar-refractivity contribution in [3.8, 4) is 27.0 Å². The number of hydrogen-bond donors (Lipinski definition) is 0. The number of benzene rings is 1. The number of aromatic nitrogens is 2. The van der Waals surface area contributed by atoms with E-state index in [4.69, 9.17) is 13.9 Å². The van der Waals surface area contributed by atoms with E-state index in [1.54, 1.807) is 6.92 Å². The molecule has 1 aromatic carbocycles. The fourth-order valence-corrected chi connectivity index (χ4v) is 4.69. The van der Waals surface area contributed by atoms with E-state index >= 15 is 0 Å². The van der Waals surface area contributed by atoms with Crippen LogP contribution in [0.4, 0.5) is 0 Å². The van der Waals surface area contributed by atoms with Gasteiger partial charge in [0.2, 0.25) is 0 Å².